The van der Waals surface area contributed by atoms with E-state index >= 15 is 0 Å². The molecule has 92 valence electrons. The number of nitrogens with zero attached hydrogens (tertiary/aromatic N) is 1. The second-order valence-corrected chi connectivity index (χ2v) is 5.48. The molecule has 1 amide bonds. The number of carbonyl (C=O) groups is 1. The summed E-state index contributed by atoms with van der Waals surface area (Å²) in [7, 11) is 0. The van der Waals surface area contributed by atoms with Gasteiger partial charge in [-0.25, -0.2) is 0 Å². The van der Waals surface area contributed by atoms with Gasteiger partial charge in [-0.2, -0.15) is 0 Å². The summed E-state index contributed by atoms with van der Waals surface area (Å²) < 4.78 is 0. The van der Waals surface area contributed by atoms with Crippen molar-refractivity contribution in [2.24, 2.45) is 17.1 Å². The quantitative estimate of drug-likeness (QED) is 0.773. The van der Waals surface area contributed by atoms with E-state index in [9.17, 15) is 4.79 Å². The molecule has 0 aliphatic heterocycles. The van der Waals surface area contributed by atoms with Crippen LogP contribution in [0, 0.1) is 11.3 Å². The van der Waals surface area contributed by atoms with E-state index in [2.05, 4.69) is 11.8 Å². The second-order valence-electron chi connectivity index (χ2n) is 5.48. The molecular formula is C13H24N2O. The first kappa shape index (κ1) is 11.9. The zero-order valence-electron chi connectivity index (χ0n) is 10.4. The van der Waals surface area contributed by atoms with Crippen LogP contribution in [-0.4, -0.2) is 30.4 Å². The van der Waals surface area contributed by atoms with Gasteiger partial charge in [-0.3, -0.25) is 4.79 Å². The molecule has 2 rings (SSSR count). The van der Waals surface area contributed by atoms with Crippen molar-refractivity contribution in [1.82, 2.24) is 4.90 Å². The van der Waals surface area contributed by atoms with Gasteiger partial charge < -0.3 is 10.6 Å². The van der Waals surface area contributed by atoms with Gasteiger partial charge in [-0.1, -0.05) is 12.8 Å². The van der Waals surface area contributed by atoms with E-state index in [1.54, 1.807) is 0 Å². The molecule has 2 aliphatic rings. The van der Waals surface area contributed by atoms with Gasteiger partial charge in [0.05, 0.1) is 5.41 Å². The van der Waals surface area contributed by atoms with Crippen molar-refractivity contribution >= 4 is 5.91 Å². The van der Waals surface area contributed by atoms with Gasteiger partial charge in [0.1, 0.15) is 0 Å². The number of rotatable bonds is 5. The summed E-state index contributed by atoms with van der Waals surface area (Å²) in [5.41, 5.74) is 5.66. The van der Waals surface area contributed by atoms with E-state index in [0.717, 1.165) is 31.8 Å². The summed E-state index contributed by atoms with van der Waals surface area (Å²) in [4.78, 5) is 14.6. The van der Waals surface area contributed by atoms with Crippen molar-refractivity contribution in [3.8, 4) is 0 Å². The van der Waals surface area contributed by atoms with Crippen LogP contribution in [0.15, 0.2) is 0 Å². The van der Waals surface area contributed by atoms with Crippen LogP contribution in [0.5, 0.6) is 0 Å². The zero-order valence-corrected chi connectivity index (χ0v) is 10.4. The van der Waals surface area contributed by atoms with Crippen molar-refractivity contribution in [2.75, 3.05) is 19.6 Å². The van der Waals surface area contributed by atoms with Crippen LogP contribution in [0.3, 0.4) is 0 Å². The topological polar surface area (TPSA) is 46.3 Å². The third-order valence-electron chi connectivity index (χ3n) is 4.25. The molecule has 0 saturated heterocycles. The highest BCUT2D eigenvalue weighted by atomic mass is 16.2. The van der Waals surface area contributed by atoms with Crippen LogP contribution in [0.1, 0.15) is 45.4 Å². The van der Waals surface area contributed by atoms with E-state index in [0.29, 0.717) is 12.5 Å². The van der Waals surface area contributed by atoms with E-state index in [1.165, 1.54) is 25.7 Å². The van der Waals surface area contributed by atoms with Crippen molar-refractivity contribution < 1.29 is 4.79 Å². The second kappa shape index (κ2) is 4.74. The lowest BCUT2D eigenvalue weighted by atomic mass is 9.84. The van der Waals surface area contributed by atoms with E-state index < -0.39 is 0 Å². The van der Waals surface area contributed by atoms with E-state index in [-0.39, 0.29) is 5.41 Å². The normalized spacial score (nSPS) is 23.4. The van der Waals surface area contributed by atoms with Gasteiger partial charge in [0.2, 0.25) is 5.91 Å². The molecule has 0 atom stereocenters. The summed E-state index contributed by atoms with van der Waals surface area (Å²) >= 11 is 0. The van der Waals surface area contributed by atoms with Gasteiger partial charge in [0.15, 0.2) is 0 Å². The van der Waals surface area contributed by atoms with Crippen LogP contribution in [0.4, 0.5) is 0 Å². The Hall–Kier alpha value is -0.570. The predicted molar refractivity (Wildman–Crippen MR) is 64.9 cm³/mol. The maximum atomic E-state index is 12.5. The molecule has 2 N–H and O–H groups in total. The fraction of sp³-hybridized carbons (Fsp3) is 0.923. The van der Waals surface area contributed by atoms with Crippen molar-refractivity contribution in [3.05, 3.63) is 0 Å². The monoisotopic (exact) mass is 224 g/mol. The first-order chi connectivity index (χ1) is 7.72. The van der Waals surface area contributed by atoms with Crippen molar-refractivity contribution in [2.45, 2.75) is 45.4 Å². The molecular weight excluding hydrogens is 200 g/mol. The third-order valence-corrected chi connectivity index (χ3v) is 4.25. The first-order valence-corrected chi connectivity index (χ1v) is 6.71. The molecule has 2 fully saturated rings. The first-order valence-electron chi connectivity index (χ1n) is 6.71. The molecule has 0 spiro atoms. The molecule has 3 nitrogen and oxygen atoms in total. The highest BCUT2D eigenvalue weighted by Crippen LogP contribution is 2.40. The van der Waals surface area contributed by atoms with E-state index in [4.69, 9.17) is 5.73 Å². The number of nitrogens with two attached hydrogens (primary N) is 1. The smallest absolute Gasteiger partial charge is 0.230 e. The SMILES string of the molecule is CCN(CC1CC1)C(=O)C1(CN)CCCC1. The minimum absolute atomic E-state index is 0.203. The Morgan fingerprint density at radius 2 is 2.00 bits per heavy atom. The Bertz CT molecular complexity index is 255. The Kier molecular flexibility index (Phi) is 3.53. The largest absolute Gasteiger partial charge is 0.342 e. The molecule has 16 heavy (non-hydrogen) atoms. The van der Waals surface area contributed by atoms with Gasteiger partial charge in [-0.15, -0.1) is 0 Å². The Morgan fingerprint density at radius 3 is 2.44 bits per heavy atom. The molecule has 0 bridgehead atoms. The van der Waals surface area contributed by atoms with Crippen LogP contribution >= 0.6 is 0 Å². The molecule has 0 unspecified atom stereocenters. The molecule has 0 aromatic carbocycles. The van der Waals surface area contributed by atoms with Gasteiger partial charge in [0, 0.05) is 19.6 Å². The maximum Gasteiger partial charge on any atom is 0.230 e. The zero-order chi connectivity index (χ0) is 11.6. The molecule has 0 aromatic rings. The molecule has 0 radical (unpaired) electrons. The average Bonchev–Trinajstić information content (AvgIpc) is 2.99. The Morgan fingerprint density at radius 1 is 1.38 bits per heavy atom. The molecule has 3 heteroatoms. The Balaban J connectivity index is 2.01. The van der Waals surface area contributed by atoms with Crippen LogP contribution in [-0.2, 0) is 4.79 Å². The summed E-state index contributed by atoms with van der Waals surface area (Å²) in [5, 5.41) is 0. The van der Waals surface area contributed by atoms with Gasteiger partial charge in [0.25, 0.3) is 0 Å². The fourth-order valence-electron chi connectivity index (χ4n) is 2.86. The molecule has 0 heterocycles. The lowest BCUT2D eigenvalue weighted by molar-refractivity contribution is -0.141. The van der Waals surface area contributed by atoms with Crippen molar-refractivity contribution in [1.29, 1.82) is 0 Å². The standard InChI is InChI=1S/C13H24N2O/c1-2-15(9-11-5-6-11)12(16)13(10-14)7-3-4-8-13/h11H,2-10,14H2,1H3. The van der Waals surface area contributed by atoms with Crippen LogP contribution in [0.25, 0.3) is 0 Å². The number of hydrogen-bond acceptors (Lipinski definition) is 2. The third kappa shape index (κ3) is 2.24. The lowest BCUT2D eigenvalue weighted by Gasteiger charge is -2.33. The summed E-state index contributed by atoms with van der Waals surface area (Å²) in [5.74, 6) is 1.11. The van der Waals surface area contributed by atoms with Crippen LogP contribution in [0.2, 0.25) is 0 Å². The van der Waals surface area contributed by atoms with Crippen LogP contribution < -0.4 is 5.73 Å². The number of carbonyl (C=O) groups excluding carboxylic acids is 1. The highest BCUT2D eigenvalue weighted by Gasteiger charge is 2.42. The van der Waals surface area contributed by atoms with Crippen molar-refractivity contribution in [3.63, 3.8) is 0 Å². The maximum absolute atomic E-state index is 12.5. The number of amides is 1. The van der Waals surface area contributed by atoms with E-state index in [1.807, 2.05) is 0 Å². The fourth-order valence-corrected chi connectivity index (χ4v) is 2.86. The molecule has 2 saturated carbocycles. The van der Waals surface area contributed by atoms with Gasteiger partial charge in [-0.05, 0) is 38.5 Å². The Labute approximate surface area is 98.4 Å². The lowest BCUT2D eigenvalue weighted by Crippen LogP contribution is -2.47. The van der Waals surface area contributed by atoms with Gasteiger partial charge >= 0.3 is 0 Å². The summed E-state index contributed by atoms with van der Waals surface area (Å²) in [6.45, 7) is 4.43. The molecule has 2 aliphatic carbocycles. The predicted octanol–water partition coefficient (Wildman–Crippen LogP) is 1.76. The average molecular weight is 224 g/mol. The molecule has 0 aromatic heterocycles. The number of hydrogen-bond donors (Lipinski definition) is 1. The minimum atomic E-state index is -0.203. The summed E-state index contributed by atoms with van der Waals surface area (Å²) in [6.07, 6.45) is 6.96. The minimum Gasteiger partial charge on any atom is -0.342 e. The highest BCUT2D eigenvalue weighted by molar-refractivity contribution is 5.83. The summed E-state index contributed by atoms with van der Waals surface area (Å²) in [6, 6.07) is 0.